The smallest absolute Gasteiger partial charge is 0.343 e. The van der Waals surface area contributed by atoms with Gasteiger partial charge in [0.1, 0.15) is 11.5 Å². The Balaban J connectivity index is 2.12. The van der Waals surface area contributed by atoms with Gasteiger partial charge in [-0.15, -0.1) is 0 Å². The number of nitrogens with zero attached hydrogens (tertiary/aromatic N) is 1. The molecule has 26 heavy (non-hydrogen) atoms. The molecule has 0 amide bonds. The molecule has 0 saturated heterocycles. The Morgan fingerprint density at radius 2 is 2.04 bits per heavy atom. The van der Waals surface area contributed by atoms with E-state index in [9.17, 15) is 4.79 Å². The van der Waals surface area contributed by atoms with Gasteiger partial charge in [0, 0.05) is 10.0 Å². The molecule has 0 aliphatic rings. The average Bonchev–Trinajstić information content (AvgIpc) is 2.62. The van der Waals surface area contributed by atoms with Crippen LogP contribution in [-0.4, -0.2) is 23.9 Å². The number of ether oxygens (including phenoxy) is 2. The number of thiocarbonyl (C=S) groups is 1. The fraction of sp³-hybridized carbons (Fsp3) is 0.167. The van der Waals surface area contributed by atoms with E-state index in [2.05, 4.69) is 38.7 Å². The van der Waals surface area contributed by atoms with Crippen molar-refractivity contribution in [1.82, 2.24) is 5.43 Å². The first-order valence-electron chi connectivity index (χ1n) is 7.82. The van der Waals surface area contributed by atoms with Crippen LogP contribution in [0.5, 0.6) is 11.5 Å². The third-order valence-electron chi connectivity index (χ3n) is 3.12. The first kappa shape index (κ1) is 19.9. The second-order valence-electron chi connectivity index (χ2n) is 5.18. The van der Waals surface area contributed by atoms with Crippen LogP contribution in [0.15, 0.2) is 52.0 Å². The van der Waals surface area contributed by atoms with E-state index in [1.165, 1.54) is 6.21 Å². The number of hydrogen-bond donors (Lipinski definition) is 2. The summed E-state index contributed by atoms with van der Waals surface area (Å²) in [5.74, 6) is 0.591. The van der Waals surface area contributed by atoms with Crippen LogP contribution < -0.4 is 20.6 Å². The lowest BCUT2D eigenvalue weighted by Gasteiger charge is -2.09. The predicted molar refractivity (Wildman–Crippen MR) is 109 cm³/mol. The van der Waals surface area contributed by atoms with Crippen LogP contribution >= 0.6 is 28.1 Å². The van der Waals surface area contributed by atoms with E-state index < -0.39 is 5.97 Å². The molecule has 0 atom stereocenters. The maximum absolute atomic E-state index is 12.4. The Hall–Kier alpha value is -2.45. The molecule has 0 unspecified atom stereocenters. The summed E-state index contributed by atoms with van der Waals surface area (Å²) < 4.78 is 11.8. The zero-order chi connectivity index (χ0) is 18.9. The molecule has 0 fully saturated rings. The highest BCUT2D eigenvalue weighted by molar-refractivity contribution is 9.10. The molecule has 6 nitrogen and oxygen atoms in total. The normalized spacial score (nSPS) is 10.5. The van der Waals surface area contributed by atoms with Crippen molar-refractivity contribution in [2.24, 2.45) is 10.8 Å². The Labute approximate surface area is 165 Å². The number of carbonyl (C=O) groups is 1. The van der Waals surface area contributed by atoms with Crippen LogP contribution in [0.3, 0.4) is 0 Å². The van der Waals surface area contributed by atoms with E-state index in [-0.39, 0.29) is 5.11 Å². The molecular formula is C18H18BrN3O3S. The Kier molecular flexibility index (Phi) is 7.55. The van der Waals surface area contributed by atoms with Crippen molar-refractivity contribution in [2.45, 2.75) is 13.3 Å². The van der Waals surface area contributed by atoms with E-state index in [0.29, 0.717) is 29.2 Å². The van der Waals surface area contributed by atoms with Crippen molar-refractivity contribution in [1.29, 1.82) is 0 Å². The van der Waals surface area contributed by atoms with Crippen molar-refractivity contribution in [2.75, 3.05) is 6.61 Å². The summed E-state index contributed by atoms with van der Waals surface area (Å²) in [5, 5.41) is 3.93. The van der Waals surface area contributed by atoms with Crippen molar-refractivity contribution < 1.29 is 14.3 Å². The highest BCUT2D eigenvalue weighted by atomic mass is 79.9. The maximum atomic E-state index is 12.4. The van der Waals surface area contributed by atoms with Gasteiger partial charge in [0.15, 0.2) is 5.11 Å². The molecule has 2 rings (SSSR count). The number of halogens is 1. The molecule has 0 heterocycles. The van der Waals surface area contributed by atoms with Gasteiger partial charge in [0.2, 0.25) is 0 Å². The molecule has 8 heteroatoms. The molecule has 0 radical (unpaired) electrons. The van der Waals surface area contributed by atoms with Crippen molar-refractivity contribution in [3.05, 3.63) is 58.1 Å². The molecule has 0 saturated carbocycles. The van der Waals surface area contributed by atoms with Gasteiger partial charge in [-0.2, -0.15) is 5.10 Å². The van der Waals surface area contributed by atoms with Gasteiger partial charge >= 0.3 is 5.97 Å². The van der Waals surface area contributed by atoms with Gasteiger partial charge < -0.3 is 15.2 Å². The largest absolute Gasteiger partial charge is 0.494 e. The summed E-state index contributed by atoms with van der Waals surface area (Å²) in [6.45, 7) is 2.66. The lowest BCUT2D eigenvalue weighted by Crippen LogP contribution is -2.24. The van der Waals surface area contributed by atoms with Gasteiger partial charge in [-0.25, -0.2) is 4.79 Å². The molecule has 136 valence electrons. The predicted octanol–water partition coefficient (Wildman–Crippen LogP) is 3.62. The maximum Gasteiger partial charge on any atom is 0.343 e. The molecule has 0 aromatic heterocycles. The first-order valence-corrected chi connectivity index (χ1v) is 9.03. The van der Waals surface area contributed by atoms with Crippen LogP contribution in [0.1, 0.15) is 29.3 Å². The highest BCUT2D eigenvalue weighted by Crippen LogP contribution is 2.23. The summed E-state index contributed by atoms with van der Waals surface area (Å²) in [6, 6.07) is 12.0. The Morgan fingerprint density at radius 3 is 2.69 bits per heavy atom. The average molecular weight is 436 g/mol. The van der Waals surface area contributed by atoms with Crippen molar-refractivity contribution >= 4 is 45.4 Å². The Morgan fingerprint density at radius 1 is 1.31 bits per heavy atom. The molecule has 0 bridgehead atoms. The quantitative estimate of drug-likeness (QED) is 0.227. The van der Waals surface area contributed by atoms with E-state index in [1.54, 1.807) is 42.5 Å². The topological polar surface area (TPSA) is 85.9 Å². The van der Waals surface area contributed by atoms with Gasteiger partial charge in [0.25, 0.3) is 0 Å². The van der Waals surface area contributed by atoms with E-state index in [4.69, 9.17) is 15.2 Å². The van der Waals surface area contributed by atoms with Gasteiger partial charge in [-0.1, -0.05) is 22.9 Å². The standard InChI is InChI=1S/C18H18BrN3O3S/c1-2-9-24-15-6-3-12(4-7-15)17(23)25-16-8-5-14(19)10-13(16)11-21-22-18(20)26/h3-8,10-11H,2,9H2,1H3,(H3,20,22,26)/b21-11+. The lowest BCUT2D eigenvalue weighted by atomic mass is 10.2. The molecule has 0 aliphatic carbocycles. The molecule has 2 aromatic rings. The minimum Gasteiger partial charge on any atom is -0.494 e. The number of carbonyl (C=O) groups excluding carboxylic acids is 1. The van der Waals surface area contributed by atoms with Crippen LogP contribution in [-0.2, 0) is 0 Å². The van der Waals surface area contributed by atoms with Crippen molar-refractivity contribution in [3.8, 4) is 11.5 Å². The lowest BCUT2D eigenvalue weighted by molar-refractivity contribution is 0.0734. The van der Waals surface area contributed by atoms with Crippen molar-refractivity contribution in [3.63, 3.8) is 0 Å². The zero-order valence-electron chi connectivity index (χ0n) is 14.1. The fourth-order valence-electron chi connectivity index (χ4n) is 1.94. The minimum absolute atomic E-state index is 0.0418. The van der Waals surface area contributed by atoms with Gasteiger partial charge in [-0.05, 0) is 61.1 Å². The molecule has 2 aromatic carbocycles. The molecule has 0 spiro atoms. The van der Waals surface area contributed by atoms with Crippen LogP contribution in [0, 0.1) is 0 Å². The third-order valence-corrected chi connectivity index (χ3v) is 3.70. The zero-order valence-corrected chi connectivity index (χ0v) is 16.5. The number of hydrazone groups is 1. The van der Waals surface area contributed by atoms with Crippen LogP contribution in [0.2, 0.25) is 0 Å². The summed E-state index contributed by atoms with van der Waals surface area (Å²) in [5.41, 5.74) is 8.78. The van der Waals surface area contributed by atoms with Gasteiger partial charge in [0.05, 0.1) is 18.4 Å². The summed E-state index contributed by atoms with van der Waals surface area (Å²) in [4.78, 5) is 12.4. The fourth-order valence-corrected chi connectivity index (χ4v) is 2.38. The summed E-state index contributed by atoms with van der Waals surface area (Å²) >= 11 is 8.06. The van der Waals surface area contributed by atoms with E-state index >= 15 is 0 Å². The SMILES string of the molecule is CCCOc1ccc(C(=O)Oc2ccc(Br)cc2/C=N/NC(N)=S)cc1. The Bertz CT molecular complexity index is 810. The monoisotopic (exact) mass is 435 g/mol. The van der Waals surface area contributed by atoms with E-state index in [0.717, 1.165) is 10.9 Å². The van der Waals surface area contributed by atoms with Gasteiger partial charge in [-0.3, -0.25) is 5.43 Å². The van der Waals surface area contributed by atoms with Crippen LogP contribution in [0.4, 0.5) is 0 Å². The number of rotatable bonds is 7. The number of hydrogen-bond acceptors (Lipinski definition) is 5. The molecule has 0 aliphatic heterocycles. The minimum atomic E-state index is -0.480. The molecular weight excluding hydrogens is 418 g/mol. The van der Waals surface area contributed by atoms with E-state index in [1.807, 2.05) is 6.92 Å². The summed E-state index contributed by atoms with van der Waals surface area (Å²) in [7, 11) is 0. The highest BCUT2D eigenvalue weighted by Gasteiger charge is 2.12. The molecule has 3 N–H and O–H groups in total. The third kappa shape index (κ3) is 6.12. The number of benzene rings is 2. The number of esters is 1. The number of nitrogens with one attached hydrogen (secondary N) is 1. The second kappa shape index (κ2) is 9.88. The second-order valence-corrected chi connectivity index (χ2v) is 6.53. The first-order chi connectivity index (χ1) is 12.5. The summed E-state index contributed by atoms with van der Waals surface area (Å²) in [6.07, 6.45) is 2.38. The number of nitrogens with two attached hydrogens (primary N) is 1. The van der Waals surface area contributed by atoms with Crippen LogP contribution in [0.25, 0.3) is 0 Å².